The van der Waals surface area contributed by atoms with Crippen LogP contribution in [-0.2, 0) is 16.6 Å². The quantitative estimate of drug-likeness (QED) is 0.844. The molecular formula is C14H11F4NO3S. The van der Waals surface area contributed by atoms with E-state index in [1.165, 1.54) is 24.3 Å². The van der Waals surface area contributed by atoms with Crippen LogP contribution in [-0.4, -0.2) is 14.8 Å². The number of nitrogens with one attached hydrogen (secondary N) is 1. The van der Waals surface area contributed by atoms with Gasteiger partial charge in [-0.25, -0.2) is 17.5 Å². The summed E-state index contributed by atoms with van der Waals surface area (Å²) < 4.78 is 79.0. The van der Waals surface area contributed by atoms with Gasteiger partial charge in [-0.1, -0.05) is 12.1 Å². The Kier molecular flexibility index (Phi) is 4.90. The van der Waals surface area contributed by atoms with Gasteiger partial charge in [0.15, 0.2) is 0 Å². The van der Waals surface area contributed by atoms with Crippen molar-refractivity contribution in [3.63, 3.8) is 0 Å². The molecule has 0 amide bonds. The summed E-state index contributed by atoms with van der Waals surface area (Å²) in [4.78, 5) is -0.233. The highest BCUT2D eigenvalue weighted by Gasteiger charge is 2.31. The van der Waals surface area contributed by atoms with Crippen molar-refractivity contribution in [1.29, 1.82) is 0 Å². The highest BCUT2D eigenvalue weighted by Crippen LogP contribution is 2.23. The number of ether oxygens (including phenoxy) is 1. The van der Waals surface area contributed by atoms with Gasteiger partial charge < -0.3 is 4.74 Å². The Morgan fingerprint density at radius 1 is 1.04 bits per heavy atom. The number of alkyl halides is 3. The van der Waals surface area contributed by atoms with Gasteiger partial charge in [-0.05, 0) is 42.0 Å². The van der Waals surface area contributed by atoms with Crippen molar-refractivity contribution in [2.45, 2.75) is 17.8 Å². The Labute approximate surface area is 129 Å². The van der Waals surface area contributed by atoms with E-state index in [-0.39, 0.29) is 11.4 Å². The third-order valence-corrected chi connectivity index (χ3v) is 4.14. The summed E-state index contributed by atoms with van der Waals surface area (Å²) >= 11 is 0. The first-order valence-electron chi connectivity index (χ1n) is 6.26. The Hall–Kier alpha value is -2.13. The van der Waals surface area contributed by atoms with E-state index in [0.717, 1.165) is 24.3 Å². The molecule has 0 saturated carbocycles. The fraction of sp³-hybridized carbons (Fsp3) is 0.143. The van der Waals surface area contributed by atoms with Crippen LogP contribution in [0.1, 0.15) is 5.56 Å². The monoisotopic (exact) mass is 349 g/mol. The molecule has 0 heterocycles. The molecule has 2 aromatic rings. The summed E-state index contributed by atoms with van der Waals surface area (Å²) in [6.45, 7) is -0.152. The number of halogens is 4. The molecule has 2 aromatic carbocycles. The number of rotatable bonds is 5. The highest BCUT2D eigenvalue weighted by molar-refractivity contribution is 7.89. The SMILES string of the molecule is O=S(=O)(NCc1cccc(F)c1)c1ccc(OC(F)(F)F)cc1. The van der Waals surface area contributed by atoms with E-state index in [9.17, 15) is 26.0 Å². The lowest BCUT2D eigenvalue weighted by Gasteiger charge is -2.10. The Balaban J connectivity index is 2.07. The topological polar surface area (TPSA) is 55.4 Å². The lowest BCUT2D eigenvalue weighted by atomic mass is 10.2. The molecule has 0 unspecified atom stereocenters. The average molecular weight is 349 g/mol. The molecule has 2 rings (SSSR count). The van der Waals surface area contributed by atoms with E-state index in [4.69, 9.17) is 0 Å². The van der Waals surface area contributed by atoms with Gasteiger partial charge in [-0.3, -0.25) is 0 Å². The molecule has 23 heavy (non-hydrogen) atoms. The predicted molar refractivity (Wildman–Crippen MR) is 73.6 cm³/mol. The first kappa shape index (κ1) is 17.2. The summed E-state index contributed by atoms with van der Waals surface area (Å²) in [6.07, 6.45) is -4.85. The molecule has 0 aliphatic heterocycles. The molecule has 1 N–H and O–H groups in total. The summed E-state index contributed by atoms with van der Waals surface area (Å²) in [5, 5.41) is 0. The Bertz CT molecular complexity index is 773. The van der Waals surface area contributed by atoms with Gasteiger partial charge in [-0.2, -0.15) is 0 Å². The van der Waals surface area contributed by atoms with Crippen molar-refractivity contribution in [2.75, 3.05) is 0 Å². The van der Waals surface area contributed by atoms with Gasteiger partial charge in [0.05, 0.1) is 4.90 Å². The number of sulfonamides is 1. The Morgan fingerprint density at radius 3 is 2.26 bits per heavy atom. The molecule has 0 aliphatic carbocycles. The maximum atomic E-state index is 13.0. The van der Waals surface area contributed by atoms with Crippen molar-refractivity contribution in [2.24, 2.45) is 0 Å². The van der Waals surface area contributed by atoms with Gasteiger partial charge in [0.2, 0.25) is 10.0 Å². The van der Waals surface area contributed by atoms with Crippen LogP contribution < -0.4 is 9.46 Å². The zero-order valence-electron chi connectivity index (χ0n) is 11.5. The smallest absolute Gasteiger partial charge is 0.406 e. The second-order valence-electron chi connectivity index (χ2n) is 4.47. The van der Waals surface area contributed by atoms with Gasteiger partial charge in [0.25, 0.3) is 0 Å². The van der Waals surface area contributed by atoms with Crippen molar-refractivity contribution in [1.82, 2.24) is 4.72 Å². The third-order valence-electron chi connectivity index (χ3n) is 2.72. The van der Waals surface area contributed by atoms with Gasteiger partial charge >= 0.3 is 6.36 Å². The first-order chi connectivity index (χ1) is 10.7. The molecule has 0 aliphatic rings. The van der Waals surface area contributed by atoms with E-state index in [1.54, 1.807) is 0 Å². The van der Waals surface area contributed by atoms with Crippen molar-refractivity contribution < 1.29 is 30.7 Å². The predicted octanol–water partition coefficient (Wildman–Crippen LogP) is 3.20. The molecule has 0 aromatic heterocycles. The minimum Gasteiger partial charge on any atom is -0.406 e. The van der Waals surface area contributed by atoms with E-state index < -0.39 is 28.0 Å². The maximum Gasteiger partial charge on any atom is 0.573 e. The van der Waals surface area contributed by atoms with Crippen LogP contribution in [0, 0.1) is 5.82 Å². The minimum atomic E-state index is -4.85. The van der Waals surface area contributed by atoms with Crippen molar-refractivity contribution in [3.8, 4) is 5.75 Å². The molecule has 4 nitrogen and oxygen atoms in total. The van der Waals surface area contributed by atoms with Crippen LogP contribution in [0.3, 0.4) is 0 Å². The van der Waals surface area contributed by atoms with Crippen LogP contribution in [0.4, 0.5) is 17.6 Å². The summed E-state index contributed by atoms with van der Waals surface area (Å²) in [6, 6.07) is 9.10. The number of hydrogen-bond acceptors (Lipinski definition) is 3. The lowest BCUT2D eigenvalue weighted by molar-refractivity contribution is -0.274. The zero-order valence-corrected chi connectivity index (χ0v) is 12.3. The fourth-order valence-electron chi connectivity index (χ4n) is 1.73. The minimum absolute atomic E-state index is 0.152. The molecule has 0 atom stereocenters. The van der Waals surface area contributed by atoms with E-state index in [0.29, 0.717) is 5.56 Å². The van der Waals surface area contributed by atoms with Crippen LogP contribution >= 0.6 is 0 Å². The second-order valence-corrected chi connectivity index (χ2v) is 6.24. The molecule has 0 saturated heterocycles. The summed E-state index contributed by atoms with van der Waals surface area (Å²) in [5.74, 6) is -1.03. The van der Waals surface area contributed by atoms with Crippen molar-refractivity contribution in [3.05, 3.63) is 59.9 Å². The summed E-state index contributed by atoms with van der Waals surface area (Å²) in [7, 11) is -3.94. The molecule has 0 radical (unpaired) electrons. The second kappa shape index (κ2) is 6.55. The number of benzene rings is 2. The normalized spacial score (nSPS) is 12.2. The fourth-order valence-corrected chi connectivity index (χ4v) is 2.75. The molecule has 124 valence electrons. The standard InChI is InChI=1S/C14H11F4NO3S/c15-11-3-1-2-10(8-11)9-19-23(20,21)13-6-4-12(5-7-13)22-14(16,17)18/h1-8,19H,9H2. The zero-order chi connectivity index (χ0) is 17.1. The van der Waals surface area contributed by atoms with Gasteiger partial charge in [-0.15, -0.1) is 13.2 Å². The van der Waals surface area contributed by atoms with E-state index in [2.05, 4.69) is 9.46 Å². The molecular weight excluding hydrogens is 338 g/mol. The van der Waals surface area contributed by atoms with Gasteiger partial charge in [0.1, 0.15) is 11.6 Å². The van der Waals surface area contributed by atoms with E-state index in [1.807, 2.05) is 0 Å². The third kappa shape index (κ3) is 5.22. The average Bonchev–Trinajstić information content (AvgIpc) is 2.44. The molecule has 9 heteroatoms. The largest absolute Gasteiger partial charge is 0.573 e. The van der Waals surface area contributed by atoms with E-state index >= 15 is 0 Å². The van der Waals surface area contributed by atoms with Gasteiger partial charge in [0, 0.05) is 6.54 Å². The summed E-state index contributed by atoms with van der Waals surface area (Å²) in [5.41, 5.74) is 0.408. The number of hydrogen-bond donors (Lipinski definition) is 1. The molecule has 0 spiro atoms. The van der Waals surface area contributed by atoms with Crippen LogP contribution in [0.15, 0.2) is 53.4 Å². The molecule has 0 fully saturated rings. The maximum absolute atomic E-state index is 13.0. The lowest BCUT2D eigenvalue weighted by Crippen LogP contribution is -2.23. The van der Waals surface area contributed by atoms with Crippen LogP contribution in [0.5, 0.6) is 5.75 Å². The van der Waals surface area contributed by atoms with Crippen molar-refractivity contribution >= 4 is 10.0 Å². The van der Waals surface area contributed by atoms with Crippen LogP contribution in [0.2, 0.25) is 0 Å². The van der Waals surface area contributed by atoms with Crippen LogP contribution in [0.25, 0.3) is 0 Å². The highest BCUT2D eigenvalue weighted by atomic mass is 32.2. The first-order valence-corrected chi connectivity index (χ1v) is 7.74. The Morgan fingerprint density at radius 2 is 1.70 bits per heavy atom. The molecule has 0 bridgehead atoms.